The Kier molecular flexibility index (Phi) is 6.65. The lowest BCUT2D eigenvalue weighted by molar-refractivity contribution is 0.170. The lowest BCUT2D eigenvalue weighted by Gasteiger charge is -2.33. The van der Waals surface area contributed by atoms with Crippen LogP contribution in [0, 0.1) is 0 Å². The Labute approximate surface area is 143 Å². The molecule has 23 heavy (non-hydrogen) atoms. The second-order valence-corrected chi connectivity index (χ2v) is 7.38. The molecule has 0 radical (unpaired) electrons. The van der Waals surface area contributed by atoms with Crippen LogP contribution in [0.3, 0.4) is 0 Å². The highest BCUT2D eigenvalue weighted by molar-refractivity contribution is 5.35. The Balaban J connectivity index is 2.19. The summed E-state index contributed by atoms with van der Waals surface area (Å²) in [5.41, 5.74) is 4.52. The number of benzene rings is 1. The summed E-state index contributed by atoms with van der Waals surface area (Å²) in [6.45, 7) is 12.6. The zero-order valence-corrected chi connectivity index (χ0v) is 15.5. The second-order valence-electron chi connectivity index (χ2n) is 7.38. The van der Waals surface area contributed by atoms with Gasteiger partial charge in [-0.15, -0.1) is 0 Å². The zero-order valence-electron chi connectivity index (χ0n) is 15.5. The van der Waals surface area contributed by atoms with Crippen molar-refractivity contribution in [1.82, 2.24) is 4.90 Å². The van der Waals surface area contributed by atoms with Crippen LogP contribution in [0.15, 0.2) is 53.6 Å². The largest absolute Gasteiger partial charge is 0.299 e. The van der Waals surface area contributed by atoms with Gasteiger partial charge in [0, 0.05) is 18.0 Å². The van der Waals surface area contributed by atoms with E-state index >= 15 is 0 Å². The van der Waals surface area contributed by atoms with Crippen LogP contribution in [0.2, 0.25) is 0 Å². The summed E-state index contributed by atoms with van der Waals surface area (Å²) >= 11 is 0. The van der Waals surface area contributed by atoms with Gasteiger partial charge in [-0.05, 0) is 66.0 Å². The van der Waals surface area contributed by atoms with Gasteiger partial charge >= 0.3 is 0 Å². The molecule has 0 spiro atoms. The molecule has 0 fully saturated rings. The van der Waals surface area contributed by atoms with Gasteiger partial charge in [-0.3, -0.25) is 4.90 Å². The fourth-order valence-electron chi connectivity index (χ4n) is 3.81. The van der Waals surface area contributed by atoms with E-state index in [0.717, 1.165) is 6.54 Å². The third kappa shape index (κ3) is 5.07. The molecule has 1 nitrogen and oxygen atoms in total. The predicted octanol–water partition coefficient (Wildman–Crippen LogP) is 5.95. The minimum absolute atomic E-state index is 0.555. The van der Waals surface area contributed by atoms with E-state index < -0.39 is 0 Å². The van der Waals surface area contributed by atoms with E-state index in [9.17, 15) is 0 Å². The van der Waals surface area contributed by atoms with Crippen molar-refractivity contribution in [3.63, 3.8) is 0 Å². The summed E-state index contributed by atoms with van der Waals surface area (Å²) in [4.78, 5) is 2.61. The maximum Gasteiger partial charge on any atom is 0.00636 e. The van der Waals surface area contributed by atoms with Gasteiger partial charge in [0.2, 0.25) is 0 Å². The Morgan fingerprint density at radius 3 is 2.22 bits per heavy atom. The molecular weight excluding hydrogens is 278 g/mol. The molecule has 0 aromatic heterocycles. The Hall–Kier alpha value is -1.34. The highest BCUT2D eigenvalue weighted by Gasteiger charge is 2.21. The van der Waals surface area contributed by atoms with Crippen molar-refractivity contribution in [2.75, 3.05) is 6.54 Å². The van der Waals surface area contributed by atoms with Crippen molar-refractivity contribution in [3.05, 3.63) is 59.2 Å². The third-order valence-electron chi connectivity index (χ3n) is 4.96. The number of hydrogen-bond donors (Lipinski definition) is 0. The van der Waals surface area contributed by atoms with Crippen molar-refractivity contribution < 1.29 is 0 Å². The molecule has 1 aliphatic carbocycles. The van der Waals surface area contributed by atoms with Gasteiger partial charge in [0.25, 0.3) is 0 Å². The van der Waals surface area contributed by atoms with E-state index in [2.05, 4.69) is 82.0 Å². The summed E-state index contributed by atoms with van der Waals surface area (Å²) in [6.07, 6.45) is 8.40. The number of allylic oxidation sites excluding steroid dienone is 4. The molecule has 0 saturated heterocycles. The van der Waals surface area contributed by atoms with Crippen LogP contribution in [0.5, 0.6) is 0 Å². The van der Waals surface area contributed by atoms with Crippen molar-refractivity contribution >= 4 is 0 Å². The average Bonchev–Trinajstić information content (AvgIpc) is 2.51. The van der Waals surface area contributed by atoms with Gasteiger partial charge in [-0.25, -0.2) is 0 Å². The minimum Gasteiger partial charge on any atom is -0.299 e. The molecule has 1 heteroatoms. The first-order valence-electron chi connectivity index (χ1n) is 9.17. The van der Waals surface area contributed by atoms with Crippen molar-refractivity contribution in [1.29, 1.82) is 0 Å². The van der Waals surface area contributed by atoms with E-state index in [4.69, 9.17) is 0 Å². The van der Waals surface area contributed by atoms with Gasteiger partial charge in [0.05, 0.1) is 0 Å². The fourth-order valence-corrected chi connectivity index (χ4v) is 3.81. The van der Waals surface area contributed by atoms with Crippen LogP contribution in [0.1, 0.15) is 65.4 Å². The van der Waals surface area contributed by atoms with Crippen LogP contribution in [-0.2, 0) is 0 Å². The minimum atomic E-state index is 0.555. The fraction of sp³-hybridized carbons (Fsp3) is 0.545. The topological polar surface area (TPSA) is 3.24 Å². The first kappa shape index (κ1) is 18.0. The molecular formula is C22H33N. The summed E-state index contributed by atoms with van der Waals surface area (Å²) in [7, 11) is 0. The van der Waals surface area contributed by atoms with Crippen LogP contribution >= 0.6 is 0 Å². The molecule has 1 aliphatic rings. The molecule has 1 atom stereocenters. The van der Waals surface area contributed by atoms with E-state index in [0.29, 0.717) is 18.0 Å². The number of nitrogens with zero attached hydrogens (tertiary/aromatic N) is 1. The molecule has 0 unspecified atom stereocenters. The SMILES string of the molecule is CC1=CCCC([C@@H](CCN(C(C)C)C(C)C)c2ccccc2)=C1. The van der Waals surface area contributed by atoms with Gasteiger partial charge in [0.1, 0.15) is 0 Å². The van der Waals surface area contributed by atoms with E-state index in [1.807, 2.05) is 0 Å². The van der Waals surface area contributed by atoms with Gasteiger partial charge < -0.3 is 0 Å². The number of hydrogen-bond acceptors (Lipinski definition) is 1. The molecule has 0 amide bonds. The molecule has 0 N–H and O–H groups in total. The Morgan fingerprint density at radius 1 is 1.00 bits per heavy atom. The standard InChI is InChI=1S/C22H33N/c1-17(2)23(18(3)4)15-14-22(20-11-7-6-8-12-20)21-13-9-10-19(5)16-21/h6-8,10-12,16-18,22H,9,13-15H2,1-5H3/t22-/m0/s1. The second kappa shape index (κ2) is 8.49. The third-order valence-corrected chi connectivity index (χ3v) is 4.96. The predicted molar refractivity (Wildman–Crippen MR) is 102 cm³/mol. The van der Waals surface area contributed by atoms with Crippen LogP contribution in [-0.4, -0.2) is 23.5 Å². The Morgan fingerprint density at radius 2 is 1.65 bits per heavy atom. The van der Waals surface area contributed by atoms with Gasteiger partial charge in [-0.2, -0.15) is 0 Å². The average molecular weight is 312 g/mol. The zero-order chi connectivity index (χ0) is 16.8. The molecule has 0 saturated carbocycles. The lowest BCUT2D eigenvalue weighted by Crippen LogP contribution is -2.38. The number of rotatable bonds is 7. The quantitative estimate of drug-likeness (QED) is 0.602. The van der Waals surface area contributed by atoms with Gasteiger partial charge in [-0.1, -0.05) is 53.6 Å². The highest BCUT2D eigenvalue weighted by Crippen LogP contribution is 2.34. The van der Waals surface area contributed by atoms with Crippen LogP contribution in [0.4, 0.5) is 0 Å². The smallest absolute Gasteiger partial charge is 0.00636 e. The summed E-state index contributed by atoms with van der Waals surface area (Å²) < 4.78 is 0. The Bertz CT molecular complexity index is 528. The molecule has 1 aromatic carbocycles. The monoisotopic (exact) mass is 311 g/mol. The molecule has 0 bridgehead atoms. The summed E-state index contributed by atoms with van der Waals surface area (Å²) in [6, 6.07) is 12.3. The van der Waals surface area contributed by atoms with Gasteiger partial charge in [0.15, 0.2) is 0 Å². The normalized spacial score (nSPS) is 16.7. The molecule has 0 aliphatic heterocycles. The maximum atomic E-state index is 2.61. The molecule has 126 valence electrons. The first-order valence-corrected chi connectivity index (χ1v) is 9.17. The summed E-state index contributed by atoms with van der Waals surface area (Å²) in [5.74, 6) is 0.555. The van der Waals surface area contributed by atoms with Crippen molar-refractivity contribution in [2.24, 2.45) is 0 Å². The summed E-state index contributed by atoms with van der Waals surface area (Å²) in [5, 5.41) is 0. The van der Waals surface area contributed by atoms with E-state index in [1.165, 1.54) is 30.4 Å². The highest BCUT2D eigenvalue weighted by atomic mass is 15.2. The van der Waals surface area contributed by atoms with Crippen molar-refractivity contribution in [3.8, 4) is 0 Å². The van der Waals surface area contributed by atoms with E-state index in [1.54, 1.807) is 5.57 Å². The van der Waals surface area contributed by atoms with Crippen molar-refractivity contribution in [2.45, 2.75) is 71.9 Å². The molecule has 2 rings (SSSR count). The lowest BCUT2D eigenvalue weighted by atomic mass is 9.82. The maximum absolute atomic E-state index is 2.61. The van der Waals surface area contributed by atoms with Crippen LogP contribution < -0.4 is 0 Å². The van der Waals surface area contributed by atoms with Crippen LogP contribution in [0.25, 0.3) is 0 Å². The first-order chi connectivity index (χ1) is 11.0. The van der Waals surface area contributed by atoms with E-state index in [-0.39, 0.29) is 0 Å². The molecule has 0 heterocycles. The molecule has 1 aromatic rings.